The van der Waals surface area contributed by atoms with Gasteiger partial charge in [-0.15, -0.1) is 10.2 Å². The maximum absolute atomic E-state index is 6.58. The molecule has 4 aromatic rings. The van der Waals surface area contributed by atoms with Crippen LogP contribution < -0.4 is 0 Å². The third kappa shape index (κ3) is 3.08. The third-order valence-corrected chi connectivity index (χ3v) is 5.83. The van der Waals surface area contributed by atoms with Gasteiger partial charge in [-0.25, -0.2) is 0 Å². The molecule has 0 spiro atoms. The van der Waals surface area contributed by atoms with Crippen LogP contribution in [0.1, 0.15) is 16.8 Å². The Bertz CT molecular complexity index is 1090. The van der Waals surface area contributed by atoms with Crippen LogP contribution in [-0.4, -0.2) is 19.7 Å². The minimum absolute atomic E-state index is 0.634. The van der Waals surface area contributed by atoms with Gasteiger partial charge in [-0.05, 0) is 37.1 Å². The Morgan fingerprint density at radius 3 is 2.65 bits per heavy atom. The Labute approximate surface area is 161 Å². The van der Waals surface area contributed by atoms with E-state index in [1.54, 1.807) is 18.1 Å². The number of aromatic nitrogens is 4. The summed E-state index contributed by atoms with van der Waals surface area (Å²) in [5.74, 6) is 0.634. The van der Waals surface area contributed by atoms with Crippen LogP contribution in [0.25, 0.3) is 16.6 Å². The van der Waals surface area contributed by atoms with Crippen molar-refractivity contribution in [3.05, 3.63) is 76.7 Å². The number of pyridine rings is 1. The average Bonchev–Trinajstić information content (AvgIpc) is 3.12. The number of nitrogens with zero attached hydrogens (tertiary/aromatic N) is 4. The first-order valence-electron chi connectivity index (χ1n) is 8.27. The normalized spacial score (nSPS) is 11.2. The molecule has 0 unspecified atom stereocenters. The van der Waals surface area contributed by atoms with Gasteiger partial charge in [0.1, 0.15) is 6.33 Å². The highest BCUT2D eigenvalue weighted by Crippen LogP contribution is 2.31. The summed E-state index contributed by atoms with van der Waals surface area (Å²) in [4.78, 5) is 4.74. The molecule has 0 amide bonds. The lowest BCUT2D eigenvalue weighted by Crippen LogP contribution is -1.99. The standard InChI is InChI=1S/C20H17ClN4S/c1-13-7-3-6-10-18(13)25-12-22-24-20(25)26-11-17-19(21)14(2)15-8-4-5-9-16(15)23-17/h3-10,12H,11H2,1-2H3. The summed E-state index contributed by atoms with van der Waals surface area (Å²) in [5, 5.41) is 11.0. The van der Waals surface area contributed by atoms with Gasteiger partial charge >= 0.3 is 0 Å². The van der Waals surface area contributed by atoms with Gasteiger partial charge in [-0.2, -0.15) is 0 Å². The van der Waals surface area contributed by atoms with E-state index >= 15 is 0 Å². The van der Waals surface area contributed by atoms with Crippen molar-refractivity contribution < 1.29 is 0 Å². The molecule has 2 heterocycles. The summed E-state index contributed by atoms with van der Waals surface area (Å²) < 4.78 is 2.00. The van der Waals surface area contributed by atoms with Gasteiger partial charge in [0.15, 0.2) is 5.16 Å². The molecule has 130 valence electrons. The zero-order chi connectivity index (χ0) is 18.1. The van der Waals surface area contributed by atoms with Crippen LogP contribution in [0.3, 0.4) is 0 Å². The number of hydrogen-bond acceptors (Lipinski definition) is 4. The molecule has 0 aliphatic heterocycles. The Morgan fingerprint density at radius 1 is 1.04 bits per heavy atom. The maximum Gasteiger partial charge on any atom is 0.196 e. The highest BCUT2D eigenvalue weighted by atomic mass is 35.5. The van der Waals surface area contributed by atoms with Crippen LogP contribution in [0.15, 0.2) is 60.0 Å². The number of benzene rings is 2. The van der Waals surface area contributed by atoms with Crippen molar-refractivity contribution in [3.8, 4) is 5.69 Å². The Morgan fingerprint density at radius 2 is 1.81 bits per heavy atom. The van der Waals surface area contributed by atoms with Crippen LogP contribution in [-0.2, 0) is 5.75 Å². The van der Waals surface area contributed by atoms with Gasteiger partial charge < -0.3 is 0 Å². The second-order valence-corrected chi connectivity index (χ2v) is 7.39. The fourth-order valence-corrected chi connectivity index (χ4v) is 4.12. The summed E-state index contributed by atoms with van der Waals surface area (Å²) in [5.41, 5.74) is 5.14. The monoisotopic (exact) mass is 380 g/mol. The quantitative estimate of drug-likeness (QED) is 0.446. The molecule has 2 aromatic heterocycles. The van der Waals surface area contributed by atoms with E-state index in [0.29, 0.717) is 5.75 Å². The molecule has 4 nitrogen and oxygen atoms in total. The second-order valence-electron chi connectivity index (χ2n) is 6.07. The van der Waals surface area contributed by atoms with E-state index in [4.69, 9.17) is 16.6 Å². The molecule has 26 heavy (non-hydrogen) atoms. The van der Waals surface area contributed by atoms with E-state index in [1.165, 1.54) is 5.56 Å². The van der Waals surface area contributed by atoms with Crippen molar-refractivity contribution in [1.82, 2.24) is 19.7 Å². The number of hydrogen-bond donors (Lipinski definition) is 0. The number of halogens is 1. The molecule has 6 heteroatoms. The molecule has 0 saturated carbocycles. The predicted molar refractivity (Wildman–Crippen MR) is 107 cm³/mol. The largest absolute Gasteiger partial charge is 0.276 e. The molecule has 0 aliphatic rings. The van der Waals surface area contributed by atoms with Gasteiger partial charge in [-0.3, -0.25) is 9.55 Å². The SMILES string of the molecule is Cc1ccccc1-n1cnnc1SCc1nc2ccccc2c(C)c1Cl. The minimum Gasteiger partial charge on any atom is -0.276 e. The first-order valence-corrected chi connectivity index (χ1v) is 9.64. The van der Waals surface area contributed by atoms with E-state index < -0.39 is 0 Å². The van der Waals surface area contributed by atoms with Crippen molar-refractivity contribution in [2.24, 2.45) is 0 Å². The van der Waals surface area contributed by atoms with Crippen LogP contribution >= 0.6 is 23.4 Å². The molecule has 0 N–H and O–H groups in total. The van der Waals surface area contributed by atoms with Gasteiger partial charge in [0.25, 0.3) is 0 Å². The molecule has 2 aromatic carbocycles. The zero-order valence-electron chi connectivity index (χ0n) is 14.5. The summed E-state index contributed by atoms with van der Waals surface area (Å²) in [6.45, 7) is 4.12. The minimum atomic E-state index is 0.634. The average molecular weight is 381 g/mol. The fourth-order valence-electron chi connectivity index (χ4n) is 2.97. The van der Waals surface area contributed by atoms with E-state index in [1.807, 2.05) is 41.8 Å². The van der Waals surface area contributed by atoms with E-state index in [0.717, 1.165) is 38.0 Å². The summed E-state index contributed by atoms with van der Waals surface area (Å²) in [6.07, 6.45) is 1.74. The molecule has 0 radical (unpaired) electrons. The van der Waals surface area contributed by atoms with Crippen molar-refractivity contribution in [2.75, 3.05) is 0 Å². The third-order valence-electron chi connectivity index (χ3n) is 4.38. The lowest BCUT2D eigenvalue weighted by Gasteiger charge is -2.11. The van der Waals surface area contributed by atoms with Gasteiger partial charge in [-0.1, -0.05) is 59.8 Å². The van der Waals surface area contributed by atoms with Crippen molar-refractivity contribution in [3.63, 3.8) is 0 Å². The highest BCUT2D eigenvalue weighted by Gasteiger charge is 2.14. The van der Waals surface area contributed by atoms with Crippen molar-refractivity contribution >= 4 is 34.3 Å². The van der Waals surface area contributed by atoms with Crippen LogP contribution in [0.4, 0.5) is 0 Å². The topological polar surface area (TPSA) is 43.6 Å². The predicted octanol–water partition coefficient (Wildman–Crippen LogP) is 5.38. The number of rotatable bonds is 4. The van der Waals surface area contributed by atoms with Crippen molar-refractivity contribution in [2.45, 2.75) is 24.8 Å². The molecule has 0 saturated heterocycles. The summed E-state index contributed by atoms with van der Waals surface area (Å²) in [7, 11) is 0. The number of fused-ring (bicyclic) bond motifs is 1. The van der Waals surface area contributed by atoms with E-state index in [2.05, 4.69) is 35.3 Å². The van der Waals surface area contributed by atoms with Crippen LogP contribution in [0.2, 0.25) is 5.02 Å². The first kappa shape index (κ1) is 17.1. The van der Waals surface area contributed by atoms with Crippen LogP contribution in [0.5, 0.6) is 0 Å². The molecule has 4 rings (SSSR count). The van der Waals surface area contributed by atoms with Gasteiger partial charge in [0, 0.05) is 11.1 Å². The molecule has 0 fully saturated rings. The number of para-hydroxylation sites is 2. The molecular weight excluding hydrogens is 364 g/mol. The lowest BCUT2D eigenvalue weighted by molar-refractivity contribution is 0.877. The maximum atomic E-state index is 6.58. The van der Waals surface area contributed by atoms with Crippen molar-refractivity contribution in [1.29, 1.82) is 0 Å². The zero-order valence-corrected chi connectivity index (χ0v) is 16.1. The number of aryl methyl sites for hydroxylation is 2. The molecule has 0 bridgehead atoms. The Hall–Kier alpha value is -2.37. The summed E-state index contributed by atoms with van der Waals surface area (Å²) in [6, 6.07) is 16.3. The van der Waals surface area contributed by atoms with Crippen LogP contribution in [0, 0.1) is 13.8 Å². The van der Waals surface area contributed by atoms with E-state index in [-0.39, 0.29) is 0 Å². The second kappa shape index (κ2) is 7.09. The molecular formula is C20H17ClN4S. The van der Waals surface area contributed by atoms with Gasteiger partial charge in [0.2, 0.25) is 0 Å². The first-order chi connectivity index (χ1) is 12.6. The molecule has 0 atom stereocenters. The Balaban J connectivity index is 1.65. The smallest absolute Gasteiger partial charge is 0.196 e. The lowest BCUT2D eigenvalue weighted by atomic mass is 10.1. The Kier molecular flexibility index (Phi) is 4.66. The fraction of sp³-hybridized carbons (Fsp3) is 0.150. The van der Waals surface area contributed by atoms with E-state index in [9.17, 15) is 0 Å². The van der Waals surface area contributed by atoms with Gasteiger partial charge in [0.05, 0.1) is 21.9 Å². The number of thioether (sulfide) groups is 1. The summed E-state index contributed by atoms with van der Waals surface area (Å²) >= 11 is 8.16. The highest BCUT2D eigenvalue weighted by molar-refractivity contribution is 7.98. The molecule has 0 aliphatic carbocycles.